The van der Waals surface area contributed by atoms with E-state index in [4.69, 9.17) is 14.3 Å². The van der Waals surface area contributed by atoms with Gasteiger partial charge in [-0.25, -0.2) is 4.79 Å². The van der Waals surface area contributed by atoms with Crippen LogP contribution in [0.1, 0.15) is 35.4 Å². The van der Waals surface area contributed by atoms with Crippen LogP contribution in [0.25, 0.3) is 0 Å². The fourth-order valence-electron chi connectivity index (χ4n) is 2.02. The van der Waals surface area contributed by atoms with Crippen molar-refractivity contribution < 1.29 is 19.1 Å². The summed E-state index contributed by atoms with van der Waals surface area (Å²) in [5, 5.41) is 12.0. The molecule has 0 amide bonds. The molecule has 1 aromatic rings. The molecular weight excluding hydrogens is 222 g/mol. The van der Waals surface area contributed by atoms with E-state index in [1.165, 1.54) is 6.26 Å². The number of rotatable bonds is 6. The Morgan fingerprint density at radius 1 is 1.59 bits per heavy atom. The molecule has 1 aromatic heterocycles. The van der Waals surface area contributed by atoms with Crippen LogP contribution in [-0.4, -0.2) is 30.3 Å². The molecule has 2 heterocycles. The molecule has 1 unspecified atom stereocenters. The molecule has 0 radical (unpaired) electrons. The predicted octanol–water partition coefficient (Wildman–Crippen LogP) is 1.64. The van der Waals surface area contributed by atoms with Gasteiger partial charge in [-0.2, -0.15) is 0 Å². The van der Waals surface area contributed by atoms with Crippen LogP contribution in [0.2, 0.25) is 0 Å². The van der Waals surface area contributed by atoms with E-state index >= 15 is 0 Å². The molecule has 1 aliphatic rings. The van der Waals surface area contributed by atoms with Gasteiger partial charge in [-0.3, -0.25) is 0 Å². The summed E-state index contributed by atoms with van der Waals surface area (Å²) >= 11 is 0. The van der Waals surface area contributed by atoms with Crippen molar-refractivity contribution in [1.29, 1.82) is 0 Å². The molecular formula is C12H17NO4. The highest BCUT2D eigenvalue weighted by molar-refractivity contribution is 5.86. The Labute approximate surface area is 99.8 Å². The van der Waals surface area contributed by atoms with Gasteiger partial charge < -0.3 is 19.6 Å². The number of carbonyl (C=O) groups is 1. The van der Waals surface area contributed by atoms with Crippen molar-refractivity contribution in [3.63, 3.8) is 0 Å². The van der Waals surface area contributed by atoms with Crippen molar-refractivity contribution in [2.75, 3.05) is 13.2 Å². The molecule has 0 saturated carbocycles. The highest BCUT2D eigenvalue weighted by Gasteiger charge is 2.15. The lowest BCUT2D eigenvalue weighted by Crippen LogP contribution is -2.20. The summed E-state index contributed by atoms with van der Waals surface area (Å²) in [6.07, 6.45) is 5.02. The molecule has 0 spiro atoms. The van der Waals surface area contributed by atoms with Crippen molar-refractivity contribution in [3.05, 3.63) is 23.7 Å². The fourth-order valence-corrected chi connectivity index (χ4v) is 2.02. The van der Waals surface area contributed by atoms with Gasteiger partial charge in [-0.15, -0.1) is 0 Å². The summed E-state index contributed by atoms with van der Waals surface area (Å²) in [6, 6.07) is 1.68. The van der Waals surface area contributed by atoms with Crippen LogP contribution >= 0.6 is 0 Å². The molecule has 94 valence electrons. The monoisotopic (exact) mass is 239 g/mol. The molecule has 17 heavy (non-hydrogen) atoms. The van der Waals surface area contributed by atoms with Gasteiger partial charge in [0.2, 0.25) is 5.76 Å². The fraction of sp³-hybridized carbons (Fsp3) is 0.583. The van der Waals surface area contributed by atoms with E-state index in [1.807, 2.05) is 0 Å². The molecule has 1 aliphatic heterocycles. The topological polar surface area (TPSA) is 71.7 Å². The number of carboxylic acids is 1. The standard InChI is InChI=1S/C12H17NO4/c14-12(15)11-9(4-7-17-11)8-13-5-3-10-2-1-6-16-10/h4,7,10,13H,1-3,5-6,8H2,(H,14,15). The van der Waals surface area contributed by atoms with E-state index in [0.717, 1.165) is 32.4 Å². The van der Waals surface area contributed by atoms with Gasteiger partial charge in [0, 0.05) is 18.7 Å². The molecule has 1 saturated heterocycles. The molecule has 0 bridgehead atoms. The lowest BCUT2D eigenvalue weighted by atomic mass is 10.2. The average molecular weight is 239 g/mol. The first kappa shape index (κ1) is 12.1. The van der Waals surface area contributed by atoms with Crippen LogP contribution in [0.4, 0.5) is 0 Å². The van der Waals surface area contributed by atoms with Gasteiger partial charge in [0.05, 0.1) is 12.4 Å². The van der Waals surface area contributed by atoms with Crippen molar-refractivity contribution in [2.24, 2.45) is 0 Å². The number of aromatic carboxylic acids is 1. The normalized spacial score (nSPS) is 19.6. The zero-order valence-electron chi connectivity index (χ0n) is 9.65. The number of nitrogens with one attached hydrogen (secondary N) is 1. The van der Waals surface area contributed by atoms with E-state index in [2.05, 4.69) is 5.32 Å². The zero-order chi connectivity index (χ0) is 12.1. The number of ether oxygens (including phenoxy) is 1. The molecule has 2 N–H and O–H groups in total. The van der Waals surface area contributed by atoms with Crippen LogP contribution in [0, 0.1) is 0 Å². The summed E-state index contributed by atoms with van der Waals surface area (Å²) in [4.78, 5) is 10.8. The zero-order valence-corrected chi connectivity index (χ0v) is 9.65. The largest absolute Gasteiger partial charge is 0.475 e. The maximum Gasteiger partial charge on any atom is 0.372 e. The average Bonchev–Trinajstić information content (AvgIpc) is 2.95. The Morgan fingerprint density at radius 3 is 3.18 bits per heavy atom. The lowest BCUT2D eigenvalue weighted by molar-refractivity contribution is 0.0660. The summed E-state index contributed by atoms with van der Waals surface area (Å²) in [5.74, 6) is -0.999. The van der Waals surface area contributed by atoms with Crippen LogP contribution in [-0.2, 0) is 11.3 Å². The number of carboxylic acid groups (broad SMARTS) is 1. The van der Waals surface area contributed by atoms with Gasteiger partial charge in [0.15, 0.2) is 0 Å². The minimum Gasteiger partial charge on any atom is -0.475 e. The minimum absolute atomic E-state index is 0.0228. The highest BCUT2D eigenvalue weighted by atomic mass is 16.5. The van der Waals surface area contributed by atoms with Crippen LogP contribution < -0.4 is 5.32 Å². The van der Waals surface area contributed by atoms with E-state index in [-0.39, 0.29) is 5.76 Å². The number of hydrogen-bond acceptors (Lipinski definition) is 4. The van der Waals surface area contributed by atoms with Crippen molar-refractivity contribution in [2.45, 2.75) is 31.9 Å². The first-order chi connectivity index (χ1) is 8.27. The van der Waals surface area contributed by atoms with E-state index in [9.17, 15) is 4.79 Å². The van der Waals surface area contributed by atoms with Crippen molar-refractivity contribution in [3.8, 4) is 0 Å². The summed E-state index contributed by atoms with van der Waals surface area (Å²) in [5.41, 5.74) is 0.685. The minimum atomic E-state index is -1.02. The Kier molecular flexibility index (Phi) is 4.17. The first-order valence-electron chi connectivity index (χ1n) is 5.89. The Balaban J connectivity index is 1.70. The third-order valence-corrected chi connectivity index (χ3v) is 2.92. The highest BCUT2D eigenvalue weighted by Crippen LogP contribution is 2.15. The van der Waals surface area contributed by atoms with E-state index in [1.54, 1.807) is 6.07 Å². The molecule has 1 atom stereocenters. The Morgan fingerprint density at radius 2 is 2.47 bits per heavy atom. The Bertz CT molecular complexity index is 368. The SMILES string of the molecule is O=C(O)c1occc1CNCCC1CCCO1. The molecule has 0 aliphatic carbocycles. The maximum absolute atomic E-state index is 10.8. The second-order valence-electron chi connectivity index (χ2n) is 4.18. The number of furan rings is 1. The summed E-state index contributed by atoms with van der Waals surface area (Å²) in [6.45, 7) is 2.22. The van der Waals surface area contributed by atoms with E-state index in [0.29, 0.717) is 18.2 Å². The van der Waals surface area contributed by atoms with E-state index < -0.39 is 5.97 Å². The van der Waals surface area contributed by atoms with Crippen LogP contribution in [0.15, 0.2) is 16.7 Å². The summed E-state index contributed by atoms with van der Waals surface area (Å²) in [7, 11) is 0. The quantitative estimate of drug-likeness (QED) is 0.738. The van der Waals surface area contributed by atoms with Gasteiger partial charge in [0.1, 0.15) is 0 Å². The second-order valence-corrected chi connectivity index (χ2v) is 4.18. The molecule has 2 rings (SSSR count). The second kappa shape index (κ2) is 5.84. The number of hydrogen-bond donors (Lipinski definition) is 2. The van der Waals surface area contributed by atoms with Gasteiger partial charge in [-0.1, -0.05) is 0 Å². The molecule has 0 aromatic carbocycles. The first-order valence-corrected chi connectivity index (χ1v) is 5.89. The maximum atomic E-state index is 10.8. The van der Waals surface area contributed by atoms with Crippen LogP contribution in [0.5, 0.6) is 0 Å². The third-order valence-electron chi connectivity index (χ3n) is 2.92. The molecule has 5 nitrogen and oxygen atoms in total. The van der Waals surface area contributed by atoms with Crippen molar-refractivity contribution >= 4 is 5.97 Å². The third kappa shape index (κ3) is 3.31. The van der Waals surface area contributed by atoms with Crippen LogP contribution in [0.3, 0.4) is 0 Å². The van der Waals surface area contributed by atoms with Gasteiger partial charge in [-0.05, 0) is 31.9 Å². The van der Waals surface area contributed by atoms with Gasteiger partial charge >= 0.3 is 5.97 Å². The molecule has 5 heteroatoms. The lowest BCUT2D eigenvalue weighted by Gasteiger charge is -2.09. The molecule has 1 fully saturated rings. The van der Waals surface area contributed by atoms with Gasteiger partial charge in [0.25, 0.3) is 0 Å². The smallest absolute Gasteiger partial charge is 0.372 e. The van der Waals surface area contributed by atoms with Crippen molar-refractivity contribution in [1.82, 2.24) is 5.32 Å². The predicted molar refractivity (Wildman–Crippen MR) is 61.0 cm³/mol. The summed E-state index contributed by atoms with van der Waals surface area (Å²) < 4.78 is 10.4. The Hall–Kier alpha value is -1.33.